The molecule has 4 nitrogen and oxygen atoms in total. The second-order valence-corrected chi connectivity index (χ2v) is 8.70. The lowest BCUT2D eigenvalue weighted by Gasteiger charge is -2.36. The number of aromatic nitrogens is 2. The number of likely N-dealkylation sites (tertiary alicyclic amines) is 1. The second kappa shape index (κ2) is 8.02. The molecule has 0 amide bonds. The van der Waals surface area contributed by atoms with Crippen molar-refractivity contribution in [3.05, 3.63) is 39.9 Å². The van der Waals surface area contributed by atoms with Crippen LogP contribution < -0.4 is 5.32 Å². The van der Waals surface area contributed by atoms with Crippen molar-refractivity contribution in [2.24, 2.45) is 0 Å². The summed E-state index contributed by atoms with van der Waals surface area (Å²) >= 11 is 7.61. The molecule has 0 bridgehead atoms. The van der Waals surface area contributed by atoms with E-state index in [1.807, 2.05) is 12.1 Å². The molecule has 134 valence electrons. The number of nitrogens with one attached hydrogen (secondary N) is 1. The molecule has 25 heavy (non-hydrogen) atoms. The molecule has 6 heteroatoms. The molecule has 4 rings (SSSR count). The van der Waals surface area contributed by atoms with Crippen LogP contribution in [0.25, 0.3) is 0 Å². The first-order valence-electron chi connectivity index (χ1n) is 9.34. The average molecular weight is 377 g/mol. The summed E-state index contributed by atoms with van der Waals surface area (Å²) in [5, 5.41) is 15.1. The predicted octanol–water partition coefficient (Wildman–Crippen LogP) is 4.60. The van der Waals surface area contributed by atoms with Crippen molar-refractivity contribution < 1.29 is 0 Å². The Balaban J connectivity index is 1.27. The Kier molecular flexibility index (Phi) is 5.54. The fourth-order valence-electron chi connectivity index (χ4n) is 4.01. The SMILES string of the molecule is Clc1ccc(Cc2nnc(NC3CCN(C4CCCC4)CC3)s2)cc1. The first-order chi connectivity index (χ1) is 12.3. The fraction of sp³-hybridized carbons (Fsp3) is 0.579. The van der Waals surface area contributed by atoms with Crippen LogP contribution in [0.15, 0.2) is 24.3 Å². The van der Waals surface area contributed by atoms with E-state index in [9.17, 15) is 0 Å². The molecule has 2 fully saturated rings. The topological polar surface area (TPSA) is 41.1 Å². The van der Waals surface area contributed by atoms with Gasteiger partial charge in [0.15, 0.2) is 0 Å². The molecule has 2 aliphatic rings. The number of halogens is 1. The van der Waals surface area contributed by atoms with Crippen molar-refractivity contribution in [1.29, 1.82) is 0 Å². The van der Waals surface area contributed by atoms with Gasteiger partial charge in [-0.15, -0.1) is 10.2 Å². The molecule has 0 unspecified atom stereocenters. The summed E-state index contributed by atoms with van der Waals surface area (Å²) in [6, 6.07) is 9.35. The Bertz CT molecular complexity index is 673. The molecule has 1 saturated carbocycles. The van der Waals surface area contributed by atoms with E-state index in [2.05, 4.69) is 32.5 Å². The summed E-state index contributed by atoms with van der Waals surface area (Å²) in [4.78, 5) is 2.71. The van der Waals surface area contributed by atoms with Crippen LogP contribution in [0.3, 0.4) is 0 Å². The minimum Gasteiger partial charge on any atom is -0.357 e. The third-order valence-corrected chi connectivity index (χ3v) is 6.54. The van der Waals surface area contributed by atoms with E-state index >= 15 is 0 Å². The van der Waals surface area contributed by atoms with Crippen LogP contribution >= 0.6 is 22.9 Å². The highest BCUT2D eigenvalue weighted by Gasteiger charge is 2.27. The van der Waals surface area contributed by atoms with E-state index in [-0.39, 0.29) is 0 Å². The fourth-order valence-corrected chi connectivity index (χ4v) is 4.99. The van der Waals surface area contributed by atoms with Gasteiger partial charge < -0.3 is 10.2 Å². The highest BCUT2D eigenvalue weighted by Crippen LogP contribution is 2.27. The van der Waals surface area contributed by atoms with Crippen LogP contribution in [0.1, 0.15) is 49.1 Å². The molecule has 0 spiro atoms. The highest BCUT2D eigenvalue weighted by atomic mass is 35.5. The van der Waals surface area contributed by atoms with Crippen LogP contribution in [0.5, 0.6) is 0 Å². The van der Waals surface area contributed by atoms with Gasteiger partial charge in [-0.1, -0.05) is 47.9 Å². The van der Waals surface area contributed by atoms with Crippen LogP contribution in [0.2, 0.25) is 5.02 Å². The van der Waals surface area contributed by atoms with Gasteiger partial charge in [0, 0.05) is 36.6 Å². The minimum atomic E-state index is 0.536. The molecule has 0 radical (unpaired) electrons. The minimum absolute atomic E-state index is 0.536. The van der Waals surface area contributed by atoms with Crippen LogP contribution in [-0.2, 0) is 6.42 Å². The Hall–Kier alpha value is -1.17. The lowest BCUT2D eigenvalue weighted by atomic mass is 10.0. The molecule has 1 N–H and O–H groups in total. The van der Waals surface area contributed by atoms with Gasteiger partial charge >= 0.3 is 0 Å². The van der Waals surface area contributed by atoms with Crippen LogP contribution in [0.4, 0.5) is 5.13 Å². The van der Waals surface area contributed by atoms with Crippen LogP contribution in [0, 0.1) is 0 Å². The second-order valence-electron chi connectivity index (χ2n) is 7.20. The summed E-state index contributed by atoms with van der Waals surface area (Å²) in [5.74, 6) is 0. The maximum atomic E-state index is 5.94. The van der Waals surface area contributed by atoms with Crippen molar-refractivity contribution in [2.75, 3.05) is 18.4 Å². The molecule has 1 aromatic carbocycles. The molecular weight excluding hydrogens is 352 g/mol. The monoisotopic (exact) mass is 376 g/mol. The van der Waals surface area contributed by atoms with Crippen molar-refractivity contribution in [3.8, 4) is 0 Å². The number of piperidine rings is 1. The Morgan fingerprint density at radius 2 is 1.76 bits per heavy atom. The van der Waals surface area contributed by atoms with Crippen molar-refractivity contribution >= 4 is 28.1 Å². The van der Waals surface area contributed by atoms with Gasteiger partial charge in [0.2, 0.25) is 5.13 Å². The molecular formula is C19H25ClN4S. The molecule has 0 atom stereocenters. The van der Waals surface area contributed by atoms with E-state index in [4.69, 9.17) is 11.6 Å². The zero-order valence-corrected chi connectivity index (χ0v) is 16.0. The summed E-state index contributed by atoms with van der Waals surface area (Å²) in [7, 11) is 0. The molecule has 2 aromatic rings. The number of anilines is 1. The highest BCUT2D eigenvalue weighted by molar-refractivity contribution is 7.15. The third kappa shape index (κ3) is 4.52. The number of hydrogen-bond donors (Lipinski definition) is 1. The van der Waals surface area contributed by atoms with Crippen molar-refractivity contribution in [2.45, 2.75) is 57.0 Å². The zero-order valence-electron chi connectivity index (χ0n) is 14.5. The van der Waals surface area contributed by atoms with E-state index in [0.29, 0.717) is 6.04 Å². The summed E-state index contributed by atoms with van der Waals surface area (Å²) < 4.78 is 0. The maximum absolute atomic E-state index is 5.94. The van der Waals surface area contributed by atoms with E-state index in [1.165, 1.54) is 57.2 Å². The molecule has 1 aliphatic carbocycles. The first-order valence-corrected chi connectivity index (χ1v) is 10.5. The molecule has 2 heterocycles. The maximum Gasteiger partial charge on any atom is 0.205 e. The van der Waals surface area contributed by atoms with Gasteiger partial charge in [-0.05, 0) is 43.4 Å². The smallest absolute Gasteiger partial charge is 0.205 e. The third-order valence-electron chi connectivity index (χ3n) is 5.43. The lowest BCUT2D eigenvalue weighted by Crippen LogP contribution is -2.43. The number of rotatable bonds is 5. The Morgan fingerprint density at radius 1 is 1.04 bits per heavy atom. The molecule has 1 saturated heterocycles. The number of nitrogens with zero attached hydrogens (tertiary/aromatic N) is 3. The largest absolute Gasteiger partial charge is 0.357 e. The molecule has 1 aromatic heterocycles. The van der Waals surface area contributed by atoms with Crippen molar-refractivity contribution in [1.82, 2.24) is 15.1 Å². The van der Waals surface area contributed by atoms with Gasteiger partial charge in [0.1, 0.15) is 5.01 Å². The van der Waals surface area contributed by atoms with Gasteiger partial charge in [-0.3, -0.25) is 0 Å². The first kappa shape index (κ1) is 17.3. The van der Waals surface area contributed by atoms with Gasteiger partial charge in [0.25, 0.3) is 0 Å². The lowest BCUT2D eigenvalue weighted by molar-refractivity contribution is 0.159. The van der Waals surface area contributed by atoms with Gasteiger partial charge in [0.05, 0.1) is 0 Å². The average Bonchev–Trinajstić information content (AvgIpc) is 3.30. The predicted molar refractivity (Wildman–Crippen MR) is 105 cm³/mol. The van der Waals surface area contributed by atoms with Crippen molar-refractivity contribution in [3.63, 3.8) is 0 Å². The Morgan fingerprint density at radius 3 is 2.48 bits per heavy atom. The van der Waals surface area contributed by atoms with Gasteiger partial charge in [-0.2, -0.15) is 0 Å². The Labute approximate surface area is 158 Å². The molecule has 1 aliphatic heterocycles. The van der Waals surface area contributed by atoms with Crippen LogP contribution in [-0.4, -0.2) is 40.3 Å². The zero-order chi connectivity index (χ0) is 17.1. The quantitative estimate of drug-likeness (QED) is 0.827. The van der Waals surface area contributed by atoms with E-state index in [0.717, 1.165) is 27.6 Å². The van der Waals surface area contributed by atoms with E-state index in [1.54, 1.807) is 11.3 Å². The summed E-state index contributed by atoms with van der Waals surface area (Å²) in [6.45, 7) is 2.44. The number of hydrogen-bond acceptors (Lipinski definition) is 5. The number of benzene rings is 1. The summed E-state index contributed by atoms with van der Waals surface area (Å²) in [6.07, 6.45) is 8.89. The standard InChI is InChI=1S/C19H25ClN4S/c20-15-7-5-14(6-8-15)13-18-22-23-19(25-18)21-16-9-11-24(12-10-16)17-3-1-2-4-17/h5-8,16-17H,1-4,9-13H2,(H,21,23). The normalized spacial score (nSPS) is 20.2. The van der Waals surface area contributed by atoms with Gasteiger partial charge in [-0.25, -0.2) is 0 Å². The van der Waals surface area contributed by atoms with E-state index < -0.39 is 0 Å². The summed E-state index contributed by atoms with van der Waals surface area (Å²) in [5.41, 5.74) is 1.22.